The minimum Gasteiger partial charge on any atom is -0.462 e. The fourth-order valence-corrected chi connectivity index (χ4v) is 3.18. The van der Waals surface area contributed by atoms with Crippen LogP contribution in [-0.2, 0) is 9.53 Å². The topological polar surface area (TPSA) is 107 Å². The summed E-state index contributed by atoms with van der Waals surface area (Å²) in [6.07, 6.45) is 1.87. The fraction of sp³-hybridized carbons (Fsp3) is 0.333. The van der Waals surface area contributed by atoms with Crippen LogP contribution in [-0.4, -0.2) is 33.7 Å². The van der Waals surface area contributed by atoms with Gasteiger partial charge in [-0.05, 0) is 38.0 Å². The number of benzene rings is 1. The molecular weight excluding hydrogens is 388 g/mol. The number of aryl methyl sites for hydroxylation is 1. The molecule has 2 rings (SSSR count). The van der Waals surface area contributed by atoms with Gasteiger partial charge < -0.3 is 15.8 Å². The zero-order valence-corrected chi connectivity index (χ0v) is 16.9. The Morgan fingerprint density at radius 3 is 2.70 bits per heavy atom. The van der Waals surface area contributed by atoms with Crippen LogP contribution in [0.2, 0.25) is 5.02 Å². The molecular formula is C18H21ClN4O3S. The predicted octanol–water partition coefficient (Wildman–Crippen LogP) is 3.71. The molecule has 144 valence electrons. The van der Waals surface area contributed by atoms with Crippen molar-refractivity contribution in [3.8, 4) is 0 Å². The van der Waals surface area contributed by atoms with Crippen LogP contribution in [0.4, 0.5) is 11.5 Å². The number of thioether (sulfide) groups is 1. The number of nitrogens with one attached hydrogen (secondary N) is 1. The molecule has 0 aliphatic heterocycles. The zero-order valence-electron chi connectivity index (χ0n) is 15.3. The number of carbonyl (C=O) groups is 2. The summed E-state index contributed by atoms with van der Waals surface area (Å²) in [4.78, 5) is 32.5. The van der Waals surface area contributed by atoms with Gasteiger partial charge in [-0.3, -0.25) is 4.79 Å². The first-order valence-corrected chi connectivity index (χ1v) is 9.64. The van der Waals surface area contributed by atoms with E-state index < -0.39 is 11.2 Å². The lowest BCUT2D eigenvalue weighted by Gasteiger charge is -2.15. The highest BCUT2D eigenvalue weighted by molar-refractivity contribution is 8.00. The molecule has 1 amide bonds. The van der Waals surface area contributed by atoms with Crippen molar-refractivity contribution in [3.05, 3.63) is 40.5 Å². The minimum atomic E-state index is -0.576. The molecule has 2 aromatic rings. The smallest absolute Gasteiger partial charge is 0.343 e. The van der Waals surface area contributed by atoms with Crippen molar-refractivity contribution in [1.82, 2.24) is 9.97 Å². The van der Waals surface area contributed by atoms with Crippen LogP contribution in [0.1, 0.15) is 36.2 Å². The Bertz CT molecular complexity index is 847. The Morgan fingerprint density at radius 1 is 1.37 bits per heavy atom. The number of nitrogen functional groups attached to an aromatic ring is 1. The van der Waals surface area contributed by atoms with Crippen LogP contribution >= 0.6 is 23.4 Å². The number of hydrogen-bond donors (Lipinski definition) is 2. The highest BCUT2D eigenvalue weighted by Crippen LogP contribution is 2.26. The number of halogens is 1. The number of ether oxygens (including phenoxy) is 1. The van der Waals surface area contributed by atoms with Crippen molar-refractivity contribution in [2.75, 3.05) is 17.7 Å². The predicted molar refractivity (Wildman–Crippen MR) is 107 cm³/mol. The Labute approximate surface area is 167 Å². The molecule has 0 radical (unpaired) electrons. The van der Waals surface area contributed by atoms with Crippen molar-refractivity contribution in [2.24, 2.45) is 0 Å². The summed E-state index contributed by atoms with van der Waals surface area (Å²) >= 11 is 7.26. The molecule has 27 heavy (non-hydrogen) atoms. The second-order valence-corrected chi connectivity index (χ2v) is 7.22. The third-order valence-electron chi connectivity index (χ3n) is 3.64. The van der Waals surface area contributed by atoms with E-state index in [4.69, 9.17) is 22.1 Å². The van der Waals surface area contributed by atoms with Crippen LogP contribution in [0.15, 0.2) is 29.6 Å². The molecule has 0 fully saturated rings. The average molecular weight is 409 g/mol. The van der Waals surface area contributed by atoms with E-state index >= 15 is 0 Å². The first-order valence-electron chi connectivity index (χ1n) is 8.39. The van der Waals surface area contributed by atoms with E-state index in [1.54, 1.807) is 19.1 Å². The van der Waals surface area contributed by atoms with Crippen molar-refractivity contribution < 1.29 is 14.3 Å². The molecule has 7 nitrogen and oxygen atoms in total. The van der Waals surface area contributed by atoms with Crippen LogP contribution in [0, 0.1) is 6.92 Å². The van der Waals surface area contributed by atoms with E-state index in [1.165, 1.54) is 18.0 Å². The summed E-state index contributed by atoms with van der Waals surface area (Å²) < 4.78 is 4.89. The van der Waals surface area contributed by atoms with Crippen molar-refractivity contribution in [1.29, 1.82) is 0 Å². The highest BCUT2D eigenvalue weighted by Gasteiger charge is 2.21. The molecule has 9 heteroatoms. The van der Waals surface area contributed by atoms with Gasteiger partial charge in [0.1, 0.15) is 11.4 Å². The van der Waals surface area contributed by atoms with E-state index in [0.717, 1.165) is 5.56 Å². The van der Waals surface area contributed by atoms with Gasteiger partial charge >= 0.3 is 5.97 Å². The van der Waals surface area contributed by atoms with Crippen LogP contribution in [0.3, 0.4) is 0 Å². The van der Waals surface area contributed by atoms with Crippen LogP contribution in [0.25, 0.3) is 0 Å². The normalized spacial score (nSPS) is 11.7. The SMILES string of the molecule is CCOC(=O)c1cnc(SC(CC)C(=O)Nc2ccc(C)c(Cl)c2)nc1N. The number of aromatic nitrogens is 2. The van der Waals surface area contributed by atoms with E-state index in [0.29, 0.717) is 22.3 Å². The lowest BCUT2D eigenvalue weighted by Crippen LogP contribution is -2.25. The number of anilines is 2. The maximum absolute atomic E-state index is 12.6. The summed E-state index contributed by atoms with van der Waals surface area (Å²) in [5.41, 5.74) is 7.47. The van der Waals surface area contributed by atoms with Crippen molar-refractivity contribution >= 4 is 46.7 Å². The largest absolute Gasteiger partial charge is 0.462 e. The summed E-state index contributed by atoms with van der Waals surface area (Å²) in [5, 5.41) is 3.30. The maximum atomic E-state index is 12.6. The molecule has 1 aromatic heterocycles. The first kappa shape index (κ1) is 21.0. The lowest BCUT2D eigenvalue weighted by molar-refractivity contribution is -0.115. The summed E-state index contributed by atoms with van der Waals surface area (Å²) in [7, 11) is 0. The molecule has 0 saturated carbocycles. The third-order valence-corrected chi connectivity index (χ3v) is 5.29. The Hall–Kier alpha value is -2.32. The standard InChI is InChI=1S/C18H21ClN4O3S/c1-4-14(16(24)22-11-7-6-10(3)13(19)8-11)27-18-21-9-12(15(20)23-18)17(25)26-5-2/h6-9,14H,4-5H2,1-3H3,(H,22,24)(H2,20,21,23). The molecule has 0 saturated heterocycles. The van der Waals surface area contributed by atoms with Gasteiger partial charge in [0, 0.05) is 16.9 Å². The molecule has 1 atom stereocenters. The monoisotopic (exact) mass is 408 g/mol. The Kier molecular flexibility index (Phi) is 7.44. The van der Waals surface area contributed by atoms with Gasteiger partial charge in [-0.2, -0.15) is 0 Å². The van der Waals surface area contributed by atoms with E-state index in [1.807, 2.05) is 19.9 Å². The van der Waals surface area contributed by atoms with Crippen LogP contribution in [0.5, 0.6) is 0 Å². The molecule has 0 aliphatic carbocycles. The quantitative estimate of drug-likeness (QED) is 0.408. The number of amides is 1. The molecule has 1 aromatic carbocycles. The Morgan fingerprint density at radius 2 is 2.11 bits per heavy atom. The fourth-order valence-electron chi connectivity index (χ4n) is 2.14. The Balaban J connectivity index is 2.09. The summed E-state index contributed by atoms with van der Waals surface area (Å²) in [6, 6.07) is 5.33. The molecule has 1 unspecified atom stereocenters. The average Bonchev–Trinajstić information content (AvgIpc) is 2.63. The number of nitrogens with two attached hydrogens (primary N) is 1. The molecule has 3 N–H and O–H groups in total. The van der Waals surface area contributed by atoms with Gasteiger partial charge in [0.15, 0.2) is 5.16 Å². The van der Waals surface area contributed by atoms with Gasteiger partial charge in [-0.1, -0.05) is 36.4 Å². The number of esters is 1. The summed E-state index contributed by atoms with van der Waals surface area (Å²) in [5.74, 6) is -0.752. The maximum Gasteiger partial charge on any atom is 0.343 e. The molecule has 0 aliphatic rings. The minimum absolute atomic E-state index is 0.0199. The van der Waals surface area contributed by atoms with Gasteiger partial charge in [0.2, 0.25) is 5.91 Å². The van der Waals surface area contributed by atoms with Gasteiger partial charge in [0.05, 0.1) is 11.9 Å². The van der Waals surface area contributed by atoms with Crippen molar-refractivity contribution in [3.63, 3.8) is 0 Å². The number of nitrogens with zero attached hydrogens (tertiary/aromatic N) is 2. The number of hydrogen-bond acceptors (Lipinski definition) is 7. The highest BCUT2D eigenvalue weighted by atomic mass is 35.5. The second-order valence-electron chi connectivity index (χ2n) is 5.64. The lowest BCUT2D eigenvalue weighted by atomic mass is 10.2. The van der Waals surface area contributed by atoms with E-state index in [9.17, 15) is 9.59 Å². The van der Waals surface area contributed by atoms with E-state index in [2.05, 4.69) is 15.3 Å². The van der Waals surface area contributed by atoms with Gasteiger partial charge in [-0.25, -0.2) is 14.8 Å². The van der Waals surface area contributed by atoms with Gasteiger partial charge in [-0.15, -0.1) is 0 Å². The van der Waals surface area contributed by atoms with Gasteiger partial charge in [0.25, 0.3) is 0 Å². The van der Waals surface area contributed by atoms with Crippen LogP contribution < -0.4 is 11.1 Å². The van der Waals surface area contributed by atoms with E-state index in [-0.39, 0.29) is 23.9 Å². The first-order chi connectivity index (χ1) is 12.8. The second kappa shape index (κ2) is 9.57. The molecule has 1 heterocycles. The van der Waals surface area contributed by atoms with Crippen molar-refractivity contribution in [2.45, 2.75) is 37.6 Å². The molecule has 0 bridgehead atoms. The summed E-state index contributed by atoms with van der Waals surface area (Å²) in [6.45, 7) is 5.71. The third kappa shape index (κ3) is 5.58. The molecule has 0 spiro atoms. The number of rotatable bonds is 7. The zero-order chi connectivity index (χ0) is 20.0. The number of carbonyl (C=O) groups excluding carboxylic acids is 2.